The minimum absolute atomic E-state index is 0.230. The van der Waals surface area contributed by atoms with Crippen LogP contribution in [0, 0.1) is 6.92 Å². The molecule has 1 aromatic heterocycles. The lowest BCUT2D eigenvalue weighted by molar-refractivity contribution is 0.102. The fourth-order valence-electron chi connectivity index (χ4n) is 3.18. The second kappa shape index (κ2) is 8.63. The minimum atomic E-state index is -3.52. The maximum atomic E-state index is 12.9. The van der Waals surface area contributed by atoms with Gasteiger partial charge in [0.05, 0.1) is 4.90 Å². The Hall–Kier alpha value is -2.25. The third-order valence-electron chi connectivity index (χ3n) is 4.73. The van der Waals surface area contributed by atoms with Gasteiger partial charge in [0, 0.05) is 24.8 Å². The van der Waals surface area contributed by atoms with Crippen LogP contribution in [-0.2, 0) is 10.0 Å². The van der Waals surface area contributed by atoms with Crippen LogP contribution < -0.4 is 5.32 Å². The predicted octanol–water partition coefficient (Wildman–Crippen LogP) is 3.60. The molecule has 144 valence electrons. The van der Waals surface area contributed by atoms with Crippen LogP contribution in [0.25, 0.3) is 0 Å². The topological polar surface area (TPSA) is 79.4 Å². The summed E-state index contributed by atoms with van der Waals surface area (Å²) in [5.41, 5.74) is 1.39. The maximum absolute atomic E-state index is 12.9. The van der Waals surface area contributed by atoms with E-state index in [0.717, 1.165) is 31.2 Å². The summed E-state index contributed by atoms with van der Waals surface area (Å²) in [5.74, 6) is 0.153. The summed E-state index contributed by atoms with van der Waals surface area (Å²) in [4.78, 5) is 16.7. The first-order valence-corrected chi connectivity index (χ1v) is 10.7. The van der Waals surface area contributed by atoms with Crippen LogP contribution in [-0.4, -0.2) is 36.7 Å². The van der Waals surface area contributed by atoms with Gasteiger partial charge in [-0.25, -0.2) is 13.4 Å². The van der Waals surface area contributed by atoms with Crippen molar-refractivity contribution in [2.24, 2.45) is 0 Å². The first-order valence-electron chi connectivity index (χ1n) is 9.31. The molecule has 0 unspecified atom stereocenters. The van der Waals surface area contributed by atoms with E-state index in [1.165, 1.54) is 18.6 Å². The first-order chi connectivity index (χ1) is 13.0. The summed E-state index contributed by atoms with van der Waals surface area (Å²) in [7, 11) is -3.52. The molecule has 7 heteroatoms. The summed E-state index contributed by atoms with van der Waals surface area (Å²) in [6.07, 6.45) is 6.72. The van der Waals surface area contributed by atoms with Gasteiger partial charge < -0.3 is 5.32 Å². The summed E-state index contributed by atoms with van der Waals surface area (Å²) in [6.45, 7) is 3.04. The predicted molar refractivity (Wildman–Crippen MR) is 105 cm³/mol. The smallest absolute Gasteiger partial charge is 0.256 e. The van der Waals surface area contributed by atoms with E-state index in [9.17, 15) is 13.2 Å². The zero-order valence-electron chi connectivity index (χ0n) is 15.5. The van der Waals surface area contributed by atoms with Gasteiger partial charge in [-0.1, -0.05) is 19.3 Å². The molecule has 2 heterocycles. The Morgan fingerprint density at radius 3 is 2.26 bits per heavy atom. The van der Waals surface area contributed by atoms with Crippen molar-refractivity contribution in [1.29, 1.82) is 0 Å². The molecule has 1 aromatic carbocycles. The van der Waals surface area contributed by atoms with Gasteiger partial charge in [-0.15, -0.1) is 0 Å². The molecular weight excluding hydrogens is 362 g/mol. The molecule has 0 atom stereocenters. The molecule has 27 heavy (non-hydrogen) atoms. The molecule has 0 aliphatic carbocycles. The van der Waals surface area contributed by atoms with Gasteiger partial charge >= 0.3 is 0 Å². The molecular formula is C20H25N3O3S. The number of aryl methyl sites for hydroxylation is 1. The third kappa shape index (κ3) is 4.93. The van der Waals surface area contributed by atoms with Crippen molar-refractivity contribution in [3.63, 3.8) is 0 Å². The summed E-state index contributed by atoms with van der Waals surface area (Å²) in [5, 5.41) is 2.73. The van der Waals surface area contributed by atoms with Gasteiger partial charge in [0.15, 0.2) is 0 Å². The molecule has 3 rings (SSSR count). The van der Waals surface area contributed by atoms with E-state index in [0.29, 0.717) is 24.5 Å². The number of hydrogen-bond donors (Lipinski definition) is 1. The standard InChI is InChI=1S/C20H25N3O3S/c1-16-11-12-21-19(15-16)22-20(24)17-7-9-18(10-8-17)27(25,26)23-13-5-3-2-4-6-14-23/h7-12,15H,2-6,13-14H2,1H3,(H,21,22,24). The molecule has 1 aliphatic rings. The summed E-state index contributed by atoms with van der Waals surface area (Å²) in [6, 6.07) is 9.72. The van der Waals surface area contributed by atoms with E-state index in [2.05, 4.69) is 10.3 Å². The Morgan fingerprint density at radius 1 is 1.00 bits per heavy atom. The highest BCUT2D eigenvalue weighted by Gasteiger charge is 2.24. The quantitative estimate of drug-likeness (QED) is 0.869. The second-order valence-electron chi connectivity index (χ2n) is 6.87. The lowest BCUT2D eigenvalue weighted by Crippen LogP contribution is -2.33. The van der Waals surface area contributed by atoms with Gasteiger partial charge in [-0.2, -0.15) is 4.31 Å². The largest absolute Gasteiger partial charge is 0.307 e. The molecule has 2 aromatic rings. The average molecular weight is 388 g/mol. The normalized spacial score (nSPS) is 16.3. The Morgan fingerprint density at radius 2 is 1.63 bits per heavy atom. The number of sulfonamides is 1. The van der Waals surface area contributed by atoms with E-state index in [4.69, 9.17) is 0 Å². The van der Waals surface area contributed by atoms with Crippen LogP contribution in [0.2, 0.25) is 0 Å². The molecule has 1 aliphatic heterocycles. The lowest BCUT2D eigenvalue weighted by atomic mass is 10.1. The Labute approximate surface area is 160 Å². The van der Waals surface area contributed by atoms with Crippen LogP contribution in [0.1, 0.15) is 48.0 Å². The first kappa shape index (κ1) is 19.5. The van der Waals surface area contributed by atoms with Gasteiger partial charge in [0.1, 0.15) is 5.82 Å². The molecule has 6 nitrogen and oxygen atoms in total. The van der Waals surface area contributed by atoms with Crippen LogP contribution in [0.15, 0.2) is 47.5 Å². The highest BCUT2D eigenvalue weighted by molar-refractivity contribution is 7.89. The number of carbonyl (C=O) groups is 1. The monoisotopic (exact) mass is 387 g/mol. The second-order valence-corrected chi connectivity index (χ2v) is 8.81. The number of aromatic nitrogens is 1. The Balaban J connectivity index is 1.72. The van der Waals surface area contributed by atoms with Crippen molar-refractivity contribution in [3.8, 4) is 0 Å². The van der Waals surface area contributed by atoms with Crippen molar-refractivity contribution in [2.75, 3.05) is 18.4 Å². The van der Waals surface area contributed by atoms with Crippen LogP contribution in [0.3, 0.4) is 0 Å². The molecule has 0 saturated carbocycles. The Bertz CT molecular complexity index is 887. The van der Waals surface area contributed by atoms with Gasteiger partial charge in [0.25, 0.3) is 5.91 Å². The molecule has 1 N–H and O–H groups in total. The number of carbonyl (C=O) groups excluding carboxylic acids is 1. The van der Waals surface area contributed by atoms with Crippen LogP contribution in [0.4, 0.5) is 5.82 Å². The summed E-state index contributed by atoms with van der Waals surface area (Å²) >= 11 is 0. The Kier molecular flexibility index (Phi) is 6.23. The van der Waals surface area contributed by atoms with Crippen molar-refractivity contribution in [2.45, 2.75) is 43.9 Å². The summed E-state index contributed by atoms with van der Waals surface area (Å²) < 4.78 is 27.3. The molecule has 1 saturated heterocycles. The highest BCUT2D eigenvalue weighted by Crippen LogP contribution is 2.21. The zero-order valence-corrected chi connectivity index (χ0v) is 16.3. The zero-order chi connectivity index (χ0) is 19.3. The molecule has 1 fully saturated rings. The van der Waals surface area contributed by atoms with E-state index in [1.807, 2.05) is 13.0 Å². The van der Waals surface area contributed by atoms with E-state index >= 15 is 0 Å². The average Bonchev–Trinajstić information content (AvgIpc) is 2.61. The number of anilines is 1. The van der Waals surface area contributed by atoms with Crippen molar-refractivity contribution in [1.82, 2.24) is 9.29 Å². The third-order valence-corrected chi connectivity index (χ3v) is 6.64. The van der Waals surface area contributed by atoms with Gasteiger partial charge in [-0.05, 0) is 61.7 Å². The maximum Gasteiger partial charge on any atom is 0.256 e. The molecule has 0 bridgehead atoms. The number of nitrogens with one attached hydrogen (secondary N) is 1. The number of hydrogen-bond acceptors (Lipinski definition) is 4. The molecule has 1 amide bonds. The lowest BCUT2D eigenvalue weighted by Gasteiger charge is -2.24. The minimum Gasteiger partial charge on any atom is -0.307 e. The number of rotatable bonds is 4. The van der Waals surface area contributed by atoms with E-state index in [-0.39, 0.29) is 10.8 Å². The fourth-order valence-corrected chi connectivity index (χ4v) is 4.70. The van der Waals surface area contributed by atoms with Crippen molar-refractivity contribution >= 4 is 21.7 Å². The van der Waals surface area contributed by atoms with Crippen molar-refractivity contribution in [3.05, 3.63) is 53.7 Å². The van der Waals surface area contributed by atoms with E-state index in [1.54, 1.807) is 28.7 Å². The van der Waals surface area contributed by atoms with E-state index < -0.39 is 10.0 Å². The number of benzene rings is 1. The van der Waals surface area contributed by atoms with Crippen LogP contribution in [0.5, 0.6) is 0 Å². The van der Waals surface area contributed by atoms with Gasteiger partial charge in [-0.3, -0.25) is 4.79 Å². The molecule has 0 spiro atoms. The number of nitrogens with zero attached hydrogens (tertiary/aromatic N) is 2. The van der Waals surface area contributed by atoms with Crippen molar-refractivity contribution < 1.29 is 13.2 Å². The highest BCUT2D eigenvalue weighted by atomic mass is 32.2. The fraction of sp³-hybridized carbons (Fsp3) is 0.400. The van der Waals surface area contributed by atoms with Crippen LogP contribution >= 0.6 is 0 Å². The number of pyridine rings is 1. The van der Waals surface area contributed by atoms with Gasteiger partial charge in [0.2, 0.25) is 10.0 Å². The SMILES string of the molecule is Cc1ccnc(NC(=O)c2ccc(S(=O)(=O)N3CCCCCCC3)cc2)c1. The molecule has 0 radical (unpaired) electrons. The number of amides is 1.